The minimum atomic E-state index is 0.00399. The molecule has 1 amide bonds. The largest absolute Gasteiger partial charge is 0.383 e. The third kappa shape index (κ3) is 3.51. The van der Waals surface area contributed by atoms with Crippen LogP contribution in [0.4, 0.5) is 5.82 Å². The van der Waals surface area contributed by atoms with Gasteiger partial charge in [0.15, 0.2) is 0 Å². The van der Waals surface area contributed by atoms with Crippen LogP contribution in [0.5, 0.6) is 0 Å². The molecule has 0 fully saturated rings. The number of carbonyl (C=O) groups is 1. The van der Waals surface area contributed by atoms with Gasteiger partial charge in [0, 0.05) is 25.4 Å². The first-order valence-electron chi connectivity index (χ1n) is 5.29. The zero-order valence-corrected chi connectivity index (χ0v) is 9.73. The summed E-state index contributed by atoms with van der Waals surface area (Å²) in [4.78, 5) is 17.3. The Kier molecular flexibility index (Phi) is 4.72. The Labute approximate surface area is 95.7 Å². The van der Waals surface area contributed by atoms with Gasteiger partial charge in [0.05, 0.1) is 6.54 Å². The molecule has 0 spiro atoms. The van der Waals surface area contributed by atoms with Crippen LogP contribution in [0.3, 0.4) is 0 Å². The number of nitrogens with one attached hydrogen (secondary N) is 1. The number of nitrogens with zero attached hydrogens (tertiary/aromatic N) is 2. The van der Waals surface area contributed by atoms with E-state index in [4.69, 9.17) is 5.73 Å². The number of anilines is 1. The predicted molar refractivity (Wildman–Crippen MR) is 63.7 cm³/mol. The summed E-state index contributed by atoms with van der Waals surface area (Å²) >= 11 is 0. The van der Waals surface area contributed by atoms with E-state index in [1.165, 1.54) is 0 Å². The summed E-state index contributed by atoms with van der Waals surface area (Å²) in [5, 5.41) is 2.60. The average Bonchev–Trinajstić information content (AvgIpc) is 2.30. The topological polar surface area (TPSA) is 71.2 Å². The molecule has 0 aliphatic carbocycles. The summed E-state index contributed by atoms with van der Waals surface area (Å²) in [5.41, 5.74) is 6.70. The van der Waals surface area contributed by atoms with Gasteiger partial charge in [-0.3, -0.25) is 9.69 Å². The van der Waals surface area contributed by atoms with Crippen molar-refractivity contribution in [1.29, 1.82) is 0 Å². The molecular weight excluding hydrogens is 204 g/mol. The molecule has 5 nitrogen and oxygen atoms in total. The highest BCUT2D eigenvalue weighted by Crippen LogP contribution is 2.09. The lowest BCUT2D eigenvalue weighted by Gasteiger charge is -2.19. The lowest BCUT2D eigenvalue weighted by atomic mass is 10.2. The fourth-order valence-electron chi connectivity index (χ4n) is 1.39. The summed E-state index contributed by atoms with van der Waals surface area (Å²) in [5.74, 6) is 0.530. The molecule has 3 N–H and O–H groups in total. The van der Waals surface area contributed by atoms with E-state index < -0.39 is 0 Å². The van der Waals surface area contributed by atoms with Crippen molar-refractivity contribution in [1.82, 2.24) is 15.2 Å². The van der Waals surface area contributed by atoms with E-state index in [9.17, 15) is 4.79 Å². The van der Waals surface area contributed by atoms with Crippen LogP contribution in [0, 0.1) is 0 Å². The molecule has 16 heavy (non-hydrogen) atoms. The van der Waals surface area contributed by atoms with Crippen molar-refractivity contribution in [2.75, 3.05) is 25.9 Å². The van der Waals surface area contributed by atoms with Crippen molar-refractivity contribution in [2.45, 2.75) is 13.5 Å². The van der Waals surface area contributed by atoms with Crippen molar-refractivity contribution in [3.05, 3.63) is 23.9 Å². The Hall–Kier alpha value is -1.62. The number of rotatable bonds is 5. The minimum absolute atomic E-state index is 0.00399. The highest BCUT2D eigenvalue weighted by Gasteiger charge is 2.09. The zero-order valence-electron chi connectivity index (χ0n) is 9.73. The Morgan fingerprint density at radius 1 is 1.62 bits per heavy atom. The first-order chi connectivity index (χ1) is 7.67. The van der Waals surface area contributed by atoms with Gasteiger partial charge in [-0.05, 0) is 12.6 Å². The van der Waals surface area contributed by atoms with E-state index in [0.29, 0.717) is 18.9 Å². The number of hydrogen-bond donors (Lipinski definition) is 2. The summed E-state index contributed by atoms with van der Waals surface area (Å²) in [6, 6.07) is 3.77. The van der Waals surface area contributed by atoms with Gasteiger partial charge in [-0.15, -0.1) is 0 Å². The number of aromatic nitrogens is 1. The fourth-order valence-corrected chi connectivity index (χ4v) is 1.39. The number of carbonyl (C=O) groups excluding carboxylic acids is 1. The summed E-state index contributed by atoms with van der Waals surface area (Å²) < 4.78 is 0. The maximum absolute atomic E-state index is 11.3. The van der Waals surface area contributed by atoms with E-state index in [1.807, 2.05) is 24.0 Å². The van der Waals surface area contributed by atoms with Gasteiger partial charge >= 0.3 is 0 Å². The maximum Gasteiger partial charge on any atom is 0.233 e. The second-order valence-corrected chi connectivity index (χ2v) is 3.52. The number of nitrogens with two attached hydrogens (primary N) is 1. The maximum atomic E-state index is 11.3. The van der Waals surface area contributed by atoms with Gasteiger partial charge in [-0.1, -0.05) is 13.0 Å². The molecule has 88 valence electrons. The summed E-state index contributed by atoms with van der Waals surface area (Å²) in [7, 11) is 1.63. The van der Waals surface area contributed by atoms with E-state index in [0.717, 1.165) is 12.1 Å². The molecule has 1 rings (SSSR count). The lowest BCUT2D eigenvalue weighted by Crippen LogP contribution is -2.35. The molecule has 0 bridgehead atoms. The molecule has 1 aromatic rings. The standard InChI is InChI=1S/C11H18N4O/c1-3-15(8-10(16)13-2)7-9-5-4-6-14-11(9)12/h4-6H,3,7-8H2,1-2H3,(H2,12,14)(H,13,16). The summed E-state index contributed by atoms with van der Waals surface area (Å²) in [6.45, 7) is 3.82. The van der Waals surface area contributed by atoms with E-state index in [2.05, 4.69) is 10.3 Å². The lowest BCUT2D eigenvalue weighted by molar-refractivity contribution is -0.121. The van der Waals surface area contributed by atoms with Gasteiger partial charge < -0.3 is 11.1 Å². The van der Waals surface area contributed by atoms with Gasteiger partial charge in [0.2, 0.25) is 5.91 Å². The van der Waals surface area contributed by atoms with Gasteiger partial charge in [0.1, 0.15) is 5.82 Å². The number of likely N-dealkylation sites (N-methyl/N-ethyl adjacent to an activating group) is 2. The van der Waals surface area contributed by atoms with Crippen LogP contribution in [0.2, 0.25) is 0 Å². The molecule has 0 radical (unpaired) electrons. The Morgan fingerprint density at radius 2 is 2.38 bits per heavy atom. The van der Waals surface area contributed by atoms with Gasteiger partial charge in [0.25, 0.3) is 0 Å². The van der Waals surface area contributed by atoms with Crippen LogP contribution in [-0.4, -0.2) is 35.9 Å². The number of hydrogen-bond acceptors (Lipinski definition) is 4. The number of amides is 1. The fraction of sp³-hybridized carbons (Fsp3) is 0.455. The molecule has 0 unspecified atom stereocenters. The molecular formula is C11H18N4O. The Bertz CT molecular complexity index is 354. The molecule has 0 saturated heterocycles. The first-order valence-corrected chi connectivity index (χ1v) is 5.29. The molecule has 0 aliphatic rings. The van der Waals surface area contributed by atoms with Crippen molar-refractivity contribution in [2.24, 2.45) is 0 Å². The predicted octanol–water partition coefficient (Wildman–Crippen LogP) is 0.232. The Balaban J connectivity index is 2.63. The average molecular weight is 222 g/mol. The van der Waals surface area contributed by atoms with Gasteiger partial charge in [-0.2, -0.15) is 0 Å². The highest BCUT2D eigenvalue weighted by molar-refractivity contribution is 5.77. The second-order valence-electron chi connectivity index (χ2n) is 3.52. The van der Waals surface area contributed by atoms with E-state index in [1.54, 1.807) is 13.2 Å². The van der Waals surface area contributed by atoms with Crippen LogP contribution in [0.15, 0.2) is 18.3 Å². The third-order valence-corrected chi connectivity index (χ3v) is 2.41. The zero-order chi connectivity index (χ0) is 12.0. The van der Waals surface area contributed by atoms with Crippen LogP contribution in [-0.2, 0) is 11.3 Å². The minimum Gasteiger partial charge on any atom is -0.383 e. The molecule has 1 aromatic heterocycles. The molecule has 0 aromatic carbocycles. The SMILES string of the molecule is CCN(CC(=O)NC)Cc1cccnc1N. The van der Waals surface area contributed by atoms with E-state index >= 15 is 0 Å². The Morgan fingerprint density at radius 3 is 2.94 bits per heavy atom. The smallest absolute Gasteiger partial charge is 0.233 e. The first kappa shape index (κ1) is 12.4. The number of nitrogen functional groups attached to an aromatic ring is 1. The molecule has 0 aliphatic heterocycles. The van der Waals surface area contributed by atoms with Crippen molar-refractivity contribution < 1.29 is 4.79 Å². The van der Waals surface area contributed by atoms with Crippen molar-refractivity contribution in [3.63, 3.8) is 0 Å². The van der Waals surface area contributed by atoms with Crippen LogP contribution in [0.1, 0.15) is 12.5 Å². The van der Waals surface area contributed by atoms with Crippen molar-refractivity contribution in [3.8, 4) is 0 Å². The molecule has 1 heterocycles. The quantitative estimate of drug-likeness (QED) is 0.748. The monoisotopic (exact) mass is 222 g/mol. The number of pyridine rings is 1. The molecule has 0 atom stereocenters. The highest BCUT2D eigenvalue weighted by atomic mass is 16.1. The second kappa shape index (κ2) is 6.07. The normalized spacial score (nSPS) is 10.4. The van der Waals surface area contributed by atoms with E-state index in [-0.39, 0.29) is 5.91 Å². The summed E-state index contributed by atoms with van der Waals surface area (Å²) in [6.07, 6.45) is 1.66. The molecule has 5 heteroatoms. The van der Waals surface area contributed by atoms with Crippen LogP contribution in [0.25, 0.3) is 0 Å². The van der Waals surface area contributed by atoms with Crippen LogP contribution >= 0.6 is 0 Å². The molecule has 0 saturated carbocycles. The van der Waals surface area contributed by atoms with Crippen molar-refractivity contribution >= 4 is 11.7 Å². The van der Waals surface area contributed by atoms with Gasteiger partial charge in [-0.25, -0.2) is 4.98 Å². The van der Waals surface area contributed by atoms with Crippen LogP contribution < -0.4 is 11.1 Å². The third-order valence-electron chi connectivity index (χ3n) is 2.41.